The van der Waals surface area contributed by atoms with E-state index in [9.17, 15) is 13.6 Å². The Hall–Kier alpha value is -2.29. The van der Waals surface area contributed by atoms with Gasteiger partial charge in [-0.3, -0.25) is 4.79 Å². The van der Waals surface area contributed by atoms with Crippen LogP contribution in [0.25, 0.3) is 6.08 Å². The first-order valence-corrected chi connectivity index (χ1v) is 5.80. The predicted molar refractivity (Wildman–Crippen MR) is 70.9 cm³/mol. The van der Waals surface area contributed by atoms with Gasteiger partial charge in [0.25, 0.3) is 0 Å². The lowest BCUT2D eigenvalue weighted by Gasteiger charge is -1.98. The van der Waals surface area contributed by atoms with Crippen LogP contribution in [0.5, 0.6) is 0 Å². The van der Waals surface area contributed by atoms with Crippen LogP contribution >= 0.6 is 0 Å². The summed E-state index contributed by atoms with van der Waals surface area (Å²) in [5.74, 6) is -2.00. The second-order valence-electron chi connectivity index (χ2n) is 4.24. The molecule has 0 fully saturated rings. The Kier molecular flexibility index (Phi) is 3.85. The summed E-state index contributed by atoms with van der Waals surface area (Å²) in [4.78, 5) is 11.8. The summed E-state index contributed by atoms with van der Waals surface area (Å²) in [6.45, 7) is 1.94. The van der Waals surface area contributed by atoms with Crippen molar-refractivity contribution < 1.29 is 13.6 Å². The maximum atomic E-state index is 13.0. The average Bonchev–Trinajstić information content (AvgIpc) is 2.40. The molecule has 2 aromatic rings. The number of carbonyl (C=O) groups is 1. The van der Waals surface area contributed by atoms with Crippen LogP contribution in [0.1, 0.15) is 21.5 Å². The first kappa shape index (κ1) is 13.1. The number of hydrogen-bond donors (Lipinski definition) is 0. The highest BCUT2D eigenvalue weighted by Crippen LogP contribution is 2.11. The average molecular weight is 258 g/mol. The largest absolute Gasteiger partial charge is 0.289 e. The molecular formula is C16H12F2O. The maximum absolute atomic E-state index is 13.0. The smallest absolute Gasteiger partial charge is 0.185 e. The van der Waals surface area contributed by atoms with Gasteiger partial charge in [0.05, 0.1) is 0 Å². The standard InChI is InChI=1S/C16H12F2O/c1-11-2-6-13(7-3-11)16(19)9-5-12-4-8-14(17)15(18)10-12/h2-10H,1H3/b9-5+. The fourth-order valence-corrected chi connectivity index (χ4v) is 1.60. The van der Waals surface area contributed by atoms with E-state index in [1.807, 2.05) is 19.1 Å². The Morgan fingerprint density at radius 2 is 1.68 bits per heavy atom. The molecule has 2 rings (SSSR count). The highest BCUT2D eigenvalue weighted by molar-refractivity contribution is 6.06. The molecule has 0 saturated heterocycles. The molecule has 1 nitrogen and oxygen atoms in total. The Morgan fingerprint density at radius 1 is 1.00 bits per heavy atom. The zero-order valence-electron chi connectivity index (χ0n) is 10.4. The number of allylic oxidation sites excluding steroid dienone is 1. The molecule has 0 radical (unpaired) electrons. The van der Waals surface area contributed by atoms with Crippen LogP contribution in [-0.4, -0.2) is 5.78 Å². The Balaban J connectivity index is 2.15. The first-order valence-electron chi connectivity index (χ1n) is 5.80. The van der Waals surface area contributed by atoms with E-state index in [2.05, 4.69) is 0 Å². The third kappa shape index (κ3) is 3.35. The molecule has 0 heterocycles. The zero-order valence-corrected chi connectivity index (χ0v) is 10.4. The van der Waals surface area contributed by atoms with Gasteiger partial charge < -0.3 is 0 Å². The quantitative estimate of drug-likeness (QED) is 0.596. The molecule has 19 heavy (non-hydrogen) atoms. The van der Waals surface area contributed by atoms with Gasteiger partial charge in [-0.05, 0) is 30.7 Å². The van der Waals surface area contributed by atoms with Crippen LogP contribution in [0, 0.1) is 18.6 Å². The van der Waals surface area contributed by atoms with Gasteiger partial charge in [-0.1, -0.05) is 42.0 Å². The third-order valence-corrected chi connectivity index (χ3v) is 2.71. The summed E-state index contributed by atoms with van der Waals surface area (Å²) < 4.78 is 25.7. The predicted octanol–water partition coefficient (Wildman–Crippen LogP) is 4.17. The highest BCUT2D eigenvalue weighted by Gasteiger charge is 2.02. The van der Waals surface area contributed by atoms with Gasteiger partial charge in [-0.15, -0.1) is 0 Å². The Labute approximate surface area is 110 Å². The van der Waals surface area contributed by atoms with E-state index in [-0.39, 0.29) is 5.78 Å². The molecule has 0 atom stereocenters. The second-order valence-corrected chi connectivity index (χ2v) is 4.24. The van der Waals surface area contributed by atoms with Crippen molar-refractivity contribution in [2.24, 2.45) is 0 Å². The normalized spacial score (nSPS) is 10.9. The second kappa shape index (κ2) is 5.57. The van der Waals surface area contributed by atoms with E-state index >= 15 is 0 Å². The number of benzene rings is 2. The fourth-order valence-electron chi connectivity index (χ4n) is 1.60. The third-order valence-electron chi connectivity index (χ3n) is 2.71. The minimum Gasteiger partial charge on any atom is -0.289 e. The molecule has 0 aliphatic rings. The van der Waals surface area contributed by atoms with Crippen molar-refractivity contribution in [1.82, 2.24) is 0 Å². The first-order chi connectivity index (χ1) is 9.06. The lowest BCUT2D eigenvalue weighted by atomic mass is 10.1. The summed E-state index contributed by atoms with van der Waals surface area (Å²) in [6, 6.07) is 10.6. The number of ketones is 1. The van der Waals surface area contributed by atoms with Crippen molar-refractivity contribution in [1.29, 1.82) is 0 Å². The van der Waals surface area contributed by atoms with Crippen molar-refractivity contribution in [3.63, 3.8) is 0 Å². The number of carbonyl (C=O) groups excluding carboxylic acids is 1. The summed E-state index contributed by atoms with van der Waals surface area (Å²) in [6.07, 6.45) is 2.81. The van der Waals surface area contributed by atoms with Crippen molar-refractivity contribution in [2.45, 2.75) is 6.92 Å². The molecular weight excluding hydrogens is 246 g/mol. The number of rotatable bonds is 3. The molecule has 0 aliphatic carbocycles. The zero-order chi connectivity index (χ0) is 13.8. The SMILES string of the molecule is Cc1ccc(C(=O)/C=C/c2ccc(F)c(F)c2)cc1. The number of hydrogen-bond acceptors (Lipinski definition) is 1. The molecule has 0 aliphatic heterocycles. The van der Waals surface area contributed by atoms with Crippen molar-refractivity contribution in [3.8, 4) is 0 Å². The van der Waals surface area contributed by atoms with Gasteiger partial charge in [0, 0.05) is 5.56 Å². The van der Waals surface area contributed by atoms with Crippen LogP contribution in [0.2, 0.25) is 0 Å². The van der Waals surface area contributed by atoms with E-state index in [4.69, 9.17) is 0 Å². The Morgan fingerprint density at radius 3 is 2.32 bits per heavy atom. The van der Waals surface area contributed by atoms with E-state index in [0.717, 1.165) is 17.7 Å². The highest BCUT2D eigenvalue weighted by atomic mass is 19.2. The molecule has 0 spiro atoms. The monoisotopic (exact) mass is 258 g/mol. The molecule has 0 bridgehead atoms. The minimum absolute atomic E-state index is 0.176. The lowest BCUT2D eigenvalue weighted by molar-refractivity contribution is 0.104. The van der Waals surface area contributed by atoms with E-state index < -0.39 is 11.6 Å². The fraction of sp³-hybridized carbons (Fsp3) is 0.0625. The van der Waals surface area contributed by atoms with Crippen LogP contribution < -0.4 is 0 Å². The minimum atomic E-state index is -0.926. The van der Waals surface area contributed by atoms with E-state index in [0.29, 0.717) is 11.1 Å². The van der Waals surface area contributed by atoms with Crippen LogP contribution in [0.3, 0.4) is 0 Å². The molecule has 96 valence electrons. The molecule has 0 N–H and O–H groups in total. The van der Waals surface area contributed by atoms with Gasteiger partial charge in [0.1, 0.15) is 0 Å². The van der Waals surface area contributed by atoms with E-state index in [1.165, 1.54) is 18.2 Å². The maximum Gasteiger partial charge on any atom is 0.185 e. The molecule has 0 amide bonds. The van der Waals surface area contributed by atoms with Gasteiger partial charge >= 0.3 is 0 Å². The van der Waals surface area contributed by atoms with Crippen molar-refractivity contribution >= 4 is 11.9 Å². The van der Waals surface area contributed by atoms with Crippen LogP contribution in [-0.2, 0) is 0 Å². The Bertz CT molecular complexity index is 628. The topological polar surface area (TPSA) is 17.1 Å². The lowest BCUT2D eigenvalue weighted by Crippen LogP contribution is -1.93. The van der Waals surface area contributed by atoms with Crippen molar-refractivity contribution in [3.05, 3.63) is 76.9 Å². The van der Waals surface area contributed by atoms with Crippen LogP contribution in [0.15, 0.2) is 48.5 Å². The molecule has 3 heteroatoms. The molecule has 2 aromatic carbocycles. The van der Waals surface area contributed by atoms with Gasteiger partial charge in [-0.2, -0.15) is 0 Å². The van der Waals surface area contributed by atoms with Gasteiger partial charge in [0.2, 0.25) is 0 Å². The van der Waals surface area contributed by atoms with E-state index in [1.54, 1.807) is 12.1 Å². The van der Waals surface area contributed by atoms with Gasteiger partial charge in [-0.25, -0.2) is 8.78 Å². The summed E-state index contributed by atoms with van der Waals surface area (Å²) in [5, 5.41) is 0. The van der Waals surface area contributed by atoms with Crippen LogP contribution in [0.4, 0.5) is 8.78 Å². The number of aryl methyl sites for hydroxylation is 1. The molecule has 0 aromatic heterocycles. The van der Waals surface area contributed by atoms with Gasteiger partial charge in [0.15, 0.2) is 17.4 Å². The summed E-state index contributed by atoms with van der Waals surface area (Å²) in [7, 11) is 0. The molecule has 0 saturated carbocycles. The number of halogens is 2. The summed E-state index contributed by atoms with van der Waals surface area (Å²) >= 11 is 0. The summed E-state index contributed by atoms with van der Waals surface area (Å²) in [5.41, 5.74) is 2.07. The van der Waals surface area contributed by atoms with Crippen molar-refractivity contribution in [2.75, 3.05) is 0 Å². The molecule has 0 unspecified atom stereocenters.